The molecule has 1 amide bonds. The van der Waals surface area contributed by atoms with Gasteiger partial charge in [-0.15, -0.1) is 0 Å². The Balaban J connectivity index is 2.42. The number of hydrogen-bond donors (Lipinski definition) is 3. The Bertz CT molecular complexity index is 770. The first-order valence-electron chi connectivity index (χ1n) is 5.43. The number of carbonyl (C=O) groups excluding carboxylic acids is 1. The number of benzene rings is 1. The van der Waals surface area contributed by atoms with Crippen LogP contribution in [0.25, 0.3) is 0 Å². The molecule has 2 rings (SSSR count). The van der Waals surface area contributed by atoms with Gasteiger partial charge in [-0.25, -0.2) is 8.42 Å². The number of nitrogens with two attached hydrogens (primary N) is 1. The highest BCUT2D eigenvalue weighted by Crippen LogP contribution is 2.26. The third kappa shape index (κ3) is 2.75. The van der Waals surface area contributed by atoms with Crippen LogP contribution in [0, 0.1) is 6.92 Å². The molecule has 0 bridgehead atoms. The number of H-pyrrole nitrogens is 1. The van der Waals surface area contributed by atoms with Crippen molar-refractivity contribution in [1.29, 1.82) is 0 Å². The summed E-state index contributed by atoms with van der Waals surface area (Å²) in [4.78, 5) is 11.1. The maximum absolute atomic E-state index is 12.2. The lowest BCUT2D eigenvalue weighted by Gasteiger charge is -2.09. The summed E-state index contributed by atoms with van der Waals surface area (Å²) in [6.45, 7) is 1.57. The Morgan fingerprint density at radius 1 is 1.45 bits per heavy atom. The molecule has 0 saturated heterocycles. The van der Waals surface area contributed by atoms with Gasteiger partial charge >= 0.3 is 0 Å². The standard InChI is InChI=1S/C11H11ClN4O3S/c1-6-10(5-14-15-6)20(18,19)16-9-4-7(11(13)17)2-3-8(9)12/h2-5,16H,1H3,(H2,13,17)(H,14,15). The molecule has 0 fully saturated rings. The molecule has 106 valence electrons. The van der Waals surface area contributed by atoms with Crippen LogP contribution < -0.4 is 10.5 Å². The summed E-state index contributed by atoms with van der Waals surface area (Å²) in [6.07, 6.45) is 1.18. The highest BCUT2D eigenvalue weighted by molar-refractivity contribution is 7.92. The number of carbonyl (C=O) groups is 1. The van der Waals surface area contributed by atoms with Gasteiger partial charge in [0.1, 0.15) is 4.90 Å². The second kappa shape index (κ2) is 5.14. The summed E-state index contributed by atoms with van der Waals surface area (Å²) >= 11 is 5.91. The summed E-state index contributed by atoms with van der Waals surface area (Å²) < 4.78 is 26.6. The molecule has 0 atom stereocenters. The van der Waals surface area contributed by atoms with Crippen molar-refractivity contribution in [2.24, 2.45) is 5.73 Å². The van der Waals surface area contributed by atoms with Crippen molar-refractivity contribution in [1.82, 2.24) is 10.2 Å². The second-order valence-corrected chi connectivity index (χ2v) is 6.08. The number of amides is 1. The number of hydrogen-bond acceptors (Lipinski definition) is 4. The minimum absolute atomic E-state index is 0.00181. The first-order chi connectivity index (χ1) is 9.31. The number of sulfonamides is 1. The predicted octanol–water partition coefficient (Wildman–Crippen LogP) is 1.27. The molecule has 1 aromatic heterocycles. The average molecular weight is 315 g/mol. The van der Waals surface area contributed by atoms with E-state index in [9.17, 15) is 13.2 Å². The number of anilines is 1. The van der Waals surface area contributed by atoms with Gasteiger partial charge in [0, 0.05) is 5.56 Å². The number of rotatable bonds is 4. The molecule has 0 unspecified atom stereocenters. The third-order valence-corrected chi connectivity index (χ3v) is 4.38. The molecule has 0 radical (unpaired) electrons. The van der Waals surface area contributed by atoms with Gasteiger partial charge in [0.05, 0.1) is 22.6 Å². The molecule has 0 aliphatic heterocycles. The number of primary amides is 1. The Morgan fingerprint density at radius 2 is 2.15 bits per heavy atom. The fourth-order valence-corrected chi connectivity index (χ4v) is 3.00. The van der Waals surface area contributed by atoms with Crippen LogP contribution in [0.2, 0.25) is 5.02 Å². The van der Waals surface area contributed by atoms with E-state index in [0.717, 1.165) is 0 Å². The largest absolute Gasteiger partial charge is 0.366 e. The molecule has 0 spiro atoms. The molecule has 7 nitrogen and oxygen atoms in total. The molecule has 9 heteroatoms. The molecule has 1 aromatic carbocycles. The Kier molecular flexibility index (Phi) is 3.69. The van der Waals surface area contributed by atoms with Gasteiger partial charge in [0.25, 0.3) is 10.0 Å². The fraction of sp³-hybridized carbons (Fsp3) is 0.0909. The van der Waals surface area contributed by atoms with E-state index in [2.05, 4.69) is 14.9 Å². The molecule has 1 heterocycles. The molecular formula is C11H11ClN4O3S. The SMILES string of the molecule is Cc1[nH]ncc1S(=O)(=O)Nc1cc(C(N)=O)ccc1Cl. The van der Waals surface area contributed by atoms with Crippen molar-refractivity contribution in [2.45, 2.75) is 11.8 Å². The summed E-state index contributed by atoms with van der Waals surface area (Å²) in [5.74, 6) is -0.679. The van der Waals surface area contributed by atoms with Gasteiger partial charge in [-0.05, 0) is 25.1 Å². The van der Waals surface area contributed by atoms with E-state index >= 15 is 0 Å². The van der Waals surface area contributed by atoms with Crippen molar-refractivity contribution >= 4 is 33.2 Å². The summed E-state index contributed by atoms with van der Waals surface area (Å²) in [6, 6.07) is 4.07. The number of aryl methyl sites for hydroxylation is 1. The van der Waals surface area contributed by atoms with Gasteiger partial charge in [-0.2, -0.15) is 5.10 Å². The first kappa shape index (κ1) is 14.4. The van der Waals surface area contributed by atoms with Gasteiger partial charge in [-0.3, -0.25) is 14.6 Å². The number of nitrogens with one attached hydrogen (secondary N) is 2. The van der Waals surface area contributed by atoms with E-state index < -0.39 is 15.9 Å². The Labute approximate surface area is 120 Å². The molecule has 0 saturated carbocycles. The molecule has 4 N–H and O–H groups in total. The Morgan fingerprint density at radius 3 is 2.70 bits per heavy atom. The molecule has 0 aliphatic rings. The number of aromatic nitrogens is 2. The molecular weight excluding hydrogens is 304 g/mol. The van der Waals surface area contributed by atoms with E-state index in [1.54, 1.807) is 6.92 Å². The van der Waals surface area contributed by atoms with E-state index in [0.29, 0.717) is 5.69 Å². The van der Waals surface area contributed by atoms with Crippen LogP contribution in [0.1, 0.15) is 16.1 Å². The van der Waals surface area contributed by atoms with Crippen LogP contribution >= 0.6 is 11.6 Å². The zero-order valence-corrected chi connectivity index (χ0v) is 11.9. The predicted molar refractivity (Wildman–Crippen MR) is 74.1 cm³/mol. The highest BCUT2D eigenvalue weighted by Gasteiger charge is 2.20. The maximum atomic E-state index is 12.2. The number of halogens is 1. The highest BCUT2D eigenvalue weighted by atomic mass is 35.5. The van der Waals surface area contributed by atoms with Crippen LogP contribution in [0.5, 0.6) is 0 Å². The van der Waals surface area contributed by atoms with Crippen LogP contribution in [-0.4, -0.2) is 24.5 Å². The van der Waals surface area contributed by atoms with Crippen LogP contribution in [0.15, 0.2) is 29.3 Å². The van der Waals surface area contributed by atoms with Crippen molar-refractivity contribution in [2.75, 3.05) is 4.72 Å². The summed E-state index contributed by atoms with van der Waals surface area (Å²) in [5, 5.41) is 6.33. The lowest BCUT2D eigenvalue weighted by atomic mass is 10.2. The maximum Gasteiger partial charge on any atom is 0.265 e. The first-order valence-corrected chi connectivity index (χ1v) is 7.29. The van der Waals surface area contributed by atoms with Crippen molar-refractivity contribution in [3.63, 3.8) is 0 Å². The van der Waals surface area contributed by atoms with Crippen LogP contribution in [-0.2, 0) is 10.0 Å². The number of nitrogens with zero attached hydrogens (tertiary/aromatic N) is 1. The lowest BCUT2D eigenvalue weighted by Crippen LogP contribution is -2.15. The third-order valence-electron chi connectivity index (χ3n) is 2.57. The lowest BCUT2D eigenvalue weighted by molar-refractivity contribution is 0.100. The Hall–Kier alpha value is -2.06. The van der Waals surface area contributed by atoms with Gasteiger partial charge < -0.3 is 5.73 Å². The van der Waals surface area contributed by atoms with Crippen LogP contribution in [0.4, 0.5) is 5.69 Å². The van der Waals surface area contributed by atoms with E-state index in [-0.39, 0.29) is 21.2 Å². The summed E-state index contributed by atoms with van der Waals surface area (Å²) in [5.41, 5.74) is 5.75. The van der Waals surface area contributed by atoms with E-state index in [4.69, 9.17) is 17.3 Å². The van der Waals surface area contributed by atoms with Gasteiger partial charge in [0.15, 0.2) is 0 Å². The minimum Gasteiger partial charge on any atom is -0.366 e. The molecule has 20 heavy (non-hydrogen) atoms. The van der Waals surface area contributed by atoms with E-state index in [1.807, 2.05) is 0 Å². The van der Waals surface area contributed by atoms with E-state index in [1.165, 1.54) is 24.4 Å². The quantitative estimate of drug-likeness (QED) is 0.787. The van der Waals surface area contributed by atoms with Gasteiger partial charge in [-0.1, -0.05) is 11.6 Å². The monoisotopic (exact) mass is 314 g/mol. The van der Waals surface area contributed by atoms with Gasteiger partial charge in [0.2, 0.25) is 5.91 Å². The summed E-state index contributed by atoms with van der Waals surface area (Å²) in [7, 11) is -3.85. The van der Waals surface area contributed by atoms with Crippen molar-refractivity contribution in [3.05, 3.63) is 40.7 Å². The average Bonchev–Trinajstić information content (AvgIpc) is 2.78. The minimum atomic E-state index is -3.85. The van der Waals surface area contributed by atoms with Crippen molar-refractivity contribution in [3.8, 4) is 0 Å². The van der Waals surface area contributed by atoms with Crippen molar-refractivity contribution < 1.29 is 13.2 Å². The topological polar surface area (TPSA) is 118 Å². The zero-order chi connectivity index (χ0) is 14.9. The molecule has 0 aliphatic carbocycles. The number of aromatic amines is 1. The van der Waals surface area contributed by atoms with Crippen LogP contribution in [0.3, 0.4) is 0 Å². The normalized spacial score (nSPS) is 11.3. The zero-order valence-electron chi connectivity index (χ0n) is 10.3. The fourth-order valence-electron chi connectivity index (χ4n) is 1.57. The molecule has 2 aromatic rings. The second-order valence-electron chi connectivity index (χ2n) is 4.02. The smallest absolute Gasteiger partial charge is 0.265 e.